The van der Waals surface area contributed by atoms with E-state index in [9.17, 15) is 9.59 Å². The van der Waals surface area contributed by atoms with Crippen LogP contribution >= 0.6 is 0 Å². The predicted molar refractivity (Wildman–Crippen MR) is 51.0 cm³/mol. The fraction of sp³-hybridized carbons (Fsp3) is 0.778. The number of carboxylic acid groups (broad SMARTS) is 1. The topological polar surface area (TPSA) is 66.8 Å². The third-order valence-corrected chi connectivity index (χ3v) is 2.11. The van der Waals surface area contributed by atoms with Crippen molar-refractivity contribution in [1.29, 1.82) is 0 Å². The summed E-state index contributed by atoms with van der Waals surface area (Å²) in [5, 5.41) is 9.01. The van der Waals surface area contributed by atoms with Crippen molar-refractivity contribution in [2.75, 3.05) is 20.3 Å². The maximum Gasteiger partial charge on any atom is 0.331 e. The Labute approximate surface area is 83.6 Å². The van der Waals surface area contributed by atoms with Crippen LogP contribution in [0, 0.1) is 0 Å². The fourth-order valence-corrected chi connectivity index (χ4v) is 1.21. The molecule has 0 spiro atoms. The van der Waals surface area contributed by atoms with Gasteiger partial charge in [-0.15, -0.1) is 0 Å². The quantitative estimate of drug-likeness (QED) is 0.606. The first-order valence-electron chi connectivity index (χ1n) is 4.47. The SMILES string of the molecule is CCCN(C=O)C(C)(COC)C(=O)O. The Bertz CT molecular complexity index is 207. The van der Waals surface area contributed by atoms with Crippen LogP contribution in [0.1, 0.15) is 20.3 Å². The van der Waals surface area contributed by atoms with Crippen LogP contribution in [0.15, 0.2) is 0 Å². The molecule has 0 saturated carbocycles. The number of aliphatic carboxylic acids is 1. The molecule has 0 aliphatic rings. The summed E-state index contributed by atoms with van der Waals surface area (Å²) in [7, 11) is 1.41. The van der Waals surface area contributed by atoms with Crippen molar-refractivity contribution in [1.82, 2.24) is 4.90 Å². The minimum atomic E-state index is -1.27. The Hall–Kier alpha value is -1.10. The van der Waals surface area contributed by atoms with Gasteiger partial charge >= 0.3 is 5.97 Å². The van der Waals surface area contributed by atoms with Crippen LogP contribution in [0.2, 0.25) is 0 Å². The summed E-state index contributed by atoms with van der Waals surface area (Å²) in [6, 6.07) is 0. The van der Waals surface area contributed by atoms with E-state index < -0.39 is 11.5 Å². The highest BCUT2D eigenvalue weighted by Crippen LogP contribution is 2.14. The Morgan fingerprint density at radius 1 is 1.64 bits per heavy atom. The highest BCUT2D eigenvalue weighted by atomic mass is 16.5. The zero-order chi connectivity index (χ0) is 11.2. The van der Waals surface area contributed by atoms with E-state index >= 15 is 0 Å². The summed E-state index contributed by atoms with van der Waals surface area (Å²) in [4.78, 5) is 23.0. The number of nitrogens with zero attached hydrogens (tertiary/aromatic N) is 1. The molecular formula is C9H17NO4. The monoisotopic (exact) mass is 203 g/mol. The lowest BCUT2D eigenvalue weighted by molar-refractivity contribution is -0.157. The molecule has 0 heterocycles. The number of carboxylic acids is 1. The van der Waals surface area contributed by atoms with Crippen LogP contribution in [0.4, 0.5) is 0 Å². The van der Waals surface area contributed by atoms with E-state index in [-0.39, 0.29) is 6.61 Å². The first kappa shape index (κ1) is 12.9. The maximum absolute atomic E-state index is 11.0. The zero-order valence-electron chi connectivity index (χ0n) is 8.82. The van der Waals surface area contributed by atoms with Crippen LogP contribution in [-0.4, -0.2) is 48.2 Å². The Morgan fingerprint density at radius 3 is 2.50 bits per heavy atom. The number of carbonyl (C=O) groups excluding carboxylic acids is 1. The number of hydrogen-bond donors (Lipinski definition) is 1. The van der Waals surface area contributed by atoms with Crippen molar-refractivity contribution >= 4 is 12.4 Å². The number of hydrogen-bond acceptors (Lipinski definition) is 3. The molecule has 0 aliphatic heterocycles. The van der Waals surface area contributed by atoms with Crippen LogP contribution in [0.25, 0.3) is 0 Å². The first-order valence-corrected chi connectivity index (χ1v) is 4.47. The minimum absolute atomic E-state index is 0.0128. The Morgan fingerprint density at radius 2 is 2.21 bits per heavy atom. The third-order valence-electron chi connectivity index (χ3n) is 2.11. The van der Waals surface area contributed by atoms with Gasteiger partial charge in [0.1, 0.15) is 0 Å². The summed E-state index contributed by atoms with van der Waals surface area (Å²) < 4.78 is 4.82. The van der Waals surface area contributed by atoms with Crippen molar-refractivity contribution in [2.45, 2.75) is 25.8 Å². The van der Waals surface area contributed by atoms with Gasteiger partial charge in [0.25, 0.3) is 0 Å². The number of carbonyl (C=O) groups is 2. The summed E-state index contributed by atoms with van der Waals surface area (Å²) in [6.07, 6.45) is 1.27. The van der Waals surface area contributed by atoms with Crippen molar-refractivity contribution in [3.05, 3.63) is 0 Å². The molecule has 0 aromatic carbocycles. The molecule has 0 aromatic heterocycles. The molecule has 14 heavy (non-hydrogen) atoms. The van der Waals surface area contributed by atoms with Gasteiger partial charge < -0.3 is 14.7 Å². The van der Waals surface area contributed by atoms with Crippen LogP contribution < -0.4 is 0 Å². The second-order valence-corrected chi connectivity index (χ2v) is 3.31. The van der Waals surface area contributed by atoms with Gasteiger partial charge in [0.05, 0.1) is 6.61 Å². The molecule has 0 aliphatic carbocycles. The minimum Gasteiger partial charge on any atom is -0.479 e. The zero-order valence-corrected chi connectivity index (χ0v) is 8.82. The number of ether oxygens (including phenoxy) is 1. The Kier molecular flexibility index (Phi) is 5.15. The van der Waals surface area contributed by atoms with Gasteiger partial charge in [0.15, 0.2) is 5.54 Å². The molecule has 1 unspecified atom stereocenters. The highest BCUT2D eigenvalue weighted by Gasteiger charge is 2.38. The molecule has 0 bridgehead atoms. The largest absolute Gasteiger partial charge is 0.479 e. The lowest BCUT2D eigenvalue weighted by Gasteiger charge is -2.34. The fourth-order valence-electron chi connectivity index (χ4n) is 1.21. The number of amides is 1. The lowest BCUT2D eigenvalue weighted by Crippen LogP contribution is -2.55. The van der Waals surface area contributed by atoms with Crippen molar-refractivity contribution < 1.29 is 19.4 Å². The first-order chi connectivity index (χ1) is 6.52. The molecular weight excluding hydrogens is 186 g/mol. The van der Waals surface area contributed by atoms with Gasteiger partial charge in [0, 0.05) is 13.7 Å². The van der Waals surface area contributed by atoms with Gasteiger partial charge in [-0.1, -0.05) is 6.92 Å². The molecule has 1 amide bonds. The second kappa shape index (κ2) is 5.59. The van der Waals surface area contributed by atoms with E-state index in [1.54, 1.807) is 0 Å². The smallest absolute Gasteiger partial charge is 0.331 e. The molecule has 82 valence electrons. The molecule has 0 fully saturated rings. The summed E-state index contributed by atoms with van der Waals surface area (Å²) in [5.41, 5.74) is -1.27. The molecule has 5 nitrogen and oxygen atoms in total. The molecule has 0 aromatic rings. The standard InChI is InChI=1S/C9H17NO4/c1-4-5-10(7-11)9(2,6-14-3)8(12)13/h7H,4-6H2,1-3H3,(H,12,13). The van der Waals surface area contributed by atoms with E-state index in [1.807, 2.05) is 6.92 Å². The van der Waals surface area contributed by atoms with Gasteiger partial charge in [-0.05, 0) is 13.3 Å². The number of rotatable bonds is 7. The maximum atomic E-state index is 11.0. The number of methoxy groups -OCH3 is 1. The van der Waals surface area contributed by atoms with Gasteiger partial charge in [-0.2, -0.15) is 0 Å². The van der Waals surface area contributed by atoms with Gasteiger partial charge in [0.2, 0.25) is 6.41 Å². The molecule has 0 saturated heterocycles. The van der Waals surface area contributed by atoms with Crippen molar-refractivity contribution in [3.8, 4) is 0 Å². The van der Waals surface area contributed by atoms with E-state index in [4.69, 9.17) is 9.84 Å². The second-order valence-electron chi connectivity index (χ2n) is 3.31. The summed E-state index contributed by atoms with van der Waals surface area (Å²) in [6.45, 7) is 3.76. The molecule has 0 rings (SSSR count). The van der Waals surface area contributed by atoms with Crippen LogP contribution in [0.3, 0.4) is 0 Å². The Balaban J connectivity index is 4.75. The van der Waals surface area contributed by atoms with E-state index in [0.717, 1.165) is 0 Å². The van der Waals surface area contributed by atoms with Crippen LogP contribution in [0.5, 0.6) is 0 Å². The lowest BCUT2D eigenvalue weighted by atomic mass is 10.0. The highest BCUT2D eigenvalue weighted by molar-refractivity contribution is 5.81. The summed E-state index contributed by atoms with van der Waals surface area (Å²) in [5.74, 6) is -1.06. The molecule has 5 heteroatoms. The molecule has 0 radical (unpaired) electrons. The van der Waals surface area contributed by atoms with E-state index in [0.29, 0.717) is 19.4 Å². The van der Waals surface area contributed by atoms with Gasteiger partial charge in [-0.3, -0.25) is 4.79 Å². The third kappa shape index (κ3) is 2.70. The molecule has 1 N–H and O–H groups in total. The van der Waals surface area contributed by atoms with Crippen molar-refractivity contribution in [3.63, 3.8) is 0 Å². The average Bonchev–Trinajstić information content (AvgIpc) is 2.14. The normalized spacial score (nSPS) is 14.5. The van der Waals surface area contributed by atoms with Crippen molar-refractivity contribution in [2.24, 2.45) is 0 Å². The molecule has 1 atom stereocenters. The summed E-state index contributed by atoms with van der Waals surface area (Å²) >= 11 is 0. The van der Waals surface area contributed by atoms with Crippen LogP contribution in [-0.2, 0) is 14.3 Å². The van der Waals surface area contributed by atoms with E-state index in [2.05, 4.69) is 0 Å². The average molecular weight is 203 g/mol. The van der Waals surface area contributed by atoms with E-state index in [1.165, 1.54) is 18.9 Å². The van der Waals surface area contributed by atoms with Gasteiger partial charge in [-0.25, -0.2) is 4.79 Å². The predicted octanol–water partition coefficient (Wildman–Crippen LogP) is 0.344.